The molecule has 2 aromatic carbocycles. The van der Waals surface area contributed by atoms with E-state index in [4.69, 9.17) is 16.3 Å². The largest absolute Gasteiger partial charge is 0.394 e. The fourth-order valence-electron chi connectivity index (χ4n) is 2.15. The molecule has 1 unspecified atom stereocenters. The number of carbonyl (C=O) groups excluding carboxylic acids is 1. The number of halogens is 2. The minimum Gasteiger partial charge on any atom is -0.394 e. The highest BCUT2D eigenvalue weighted by molar-refractivity contribution is 6.30. The van der Waals surface area contributed by atoms with E-state index in [-0.39, 0.29) is 13.2 Å². The summed E-state index contributed by atoms with van der Waals surface area (Å²) in [6.45, 7) is -0.187. The van der Waals surface area contributed by atoms with Crippen LogP contribution in [0, 0.1) is 5.82 Å². The Bertz CT molecular complexity index is 676. The van der Waals surface area contributed by atoms with Crippen molar-refractivity contribution in [2.24, 2.45) is 0 Å². The maximum atomic E-state index is 13.6. The first kappa shape index (κ1) is 17.4. The number of amides is 1. The molecule has 2 rings (SSSR count). The van der Waals surface area contributed by atoms with E-state index < -0.39 is 17.8 Å². The second-order valence-corrected chi connectivity index (χ2v) is 5.44. The molecule has 0 aliphatic heterocycles. The van der Waals surface area contributed by atoms with Crippen LogP contribution in [0.5, 0.6) is 0 Å². The van der Waals surface area contributed by atoms with Gasteiger partial charge in [0.15, 0.2) is 0 Å². The van der Waals surface area contributed by atoms with Crippen LogP contribution in [0.2, 0.25) is 5.02 Å². The van der Waals surface area contributed by atoms with Crippen LogP contribution in [0.1, 0.15) is 27.5 Å². The van der Waals surface area contributed by atoms with Crippen molar-refractivity contribution in [3.8, 4) is 0 Å². The van der Waals surface area contributed by atoms with Crippen molar-refractivity contribution >= 4 is 17.5 Å². The summed E-state index contributed by atoms with van der Waals surface area (Å²) in [5.41, 5.74) is 1.32. The molecule has 0 bridgehead atoms. The SMILES string of the molecule is COCc1cc(C(=O)NC(CO)c2ccc(Cl)cc2)ccc1F. The molecule has 0 fully saturated rings. The molecule has 1 atom stereocenters. The average Bonchev–Trinajstić information content (AvgIpc) is 2.55. The third-order valence-corrected chi connectivity index (χ3v) is 3.62. The summed E-state index contributed by atoms with van der Waals surface area (Å²) in [4.78, 5) is 12.3. The van der Waals surface area contributed by atoms with E-state index >= 15 is 0 Å². The van der Waals surface area contributed by atoms with Gasteiger partial charge in [0.2, 0.25) is 0 Å². The second-order valence-electron chi connectivity index (χ2n) is 5.00. The fraction of sp³-hybridized carbons (Fsp3) is 0.235. The predicted octanol–water partition coefficient (Wildman–Crippen LogP) is 3.09. The number of carbonyl (C=O) groups is 1. The van der Waals surface area contributed by atoms with Crippen LogP contribution >= 0.6 is 11.6 Å². The summed E-state index contributed by atoms with van der Waals surface area (Å²) in [5, 5.41) is 12.8. The summed E-state index contributed by atoms with van der Waals surface area (Å²) in [5.74, 6) is -0.837. The number of ether oxygens (including phenoxy) is 1. The molecule has 0 saturated heterocycles. The molecule has 0 aliphatic carbocycles. The number of aliphatic hydroxyl groups excluding tert-OH is 1. The fourth-order valence-corrected chi connectivity index (χ4v) is 2.28. The molecule has 0 saturated carbocycles. The third-order valence-electron chi connectivity index (χ3n) is 3.37. The first-order valence-corrected chi connectivity index (χ1v) is 7.37. The van der Waals surface area contributed by atoms with Gasteiger partial charge in [-0.3, -0.25) is 4.79 Å². The maximum Gasteiger partial charge on any atom is 0.251 e. The molecule has 2 N–H and O–H groups in total. The van der Waals surface area contributed by atoms with Crippen LogP contribution in [0.25, 0.3) is 0 Å². The van der Waals surface area contributed by atoms with Crippen molar-refractivity contribution in [3.63, 3.8) is 0 Å². The molecule has 1 amide bonds. The summed E-state index contributed by atoms with van der Waals surface area (Å²) in [6.07, 6.45) is 0. The molecule has 0 radical (unpaired) electrons. The normalized spacial score (nSPS) is 12.0. The Hall–Kier alpha value is -1.95. The van der Waals surface area contributed by atoms with Crippen molar-refractivity contribution < 1.29 is 19.0 Å². The van der Waals surface area contributed by atoms with E-state index in [0.29, 0.717) is 16.1 Å². The monoisotopic (exact) mass is 337 g/mol. The molecular weight excluding hydrogens is 321 g/mol. The van der Waals surface area contributed by atoms with Gasteiger partial charge in [0.05, 0.1) is 19.3 Å². The van der Waals surface area contributed by atoms with Gasteiger partial charge in [-0.1, -0.05) is 23.7 Å². The van der Waals surface area contributed by atoms with Crippen LogP contribution < -0.4 is 5.32 Å². The summed E-state index contributed by atoms with van der Waals surface area (Å²) in [6, 6.07) is 10.3. The highest BCUT2D eigenvalue weighted by Crippen LogP contribution is 2.18. The lowest BCUT2D eigenvalue weighted by Gasteiger charge is -2.17. The Kier molecular flexibility index (Phi) is 6.10. The van der Waals surface area contributed by atoms with Gasteiger partial charge in [-0.2, -0.15) is 0 Å². The summed E-state index contributed by atoms with van der Waals surface area (Å²) in [7, 11) is 1.45. The number of nitrogens with one attached hydrogen (secondary N) is 1. The van der Waals surface area contributed by atoms with Gasteiger partial charge in [-0.05, 0) is 35.9 Å². The Balaban J connectivity index is 2.16. The lowest BCUT2D eigenvalue weighted by Crippen LogP contribution is -2.30. The topological polar surface area (TPSA) is 58.6 Å². The molecular formula is C17H17ClFNO3. The zero-order valence-electron chi connectivity index (χ0n) is 12.6. The molecule has 122 valence electrons. The molecule has 23 heavy (non-hydrogen) atoms. The Morgan fingerprint density at radius 1 is 1.30 bits per heavy atom. The van der Waals surface area contributed by atoms with Gasteiger partial charge >= 0.3 is 0 Å². The van der Waals surface area contributed by atoms with Crippen molar-refractivity contribution in [3.05, 3.63) is 70.0 Å². The van der Waals surface area contributed by atoms with E-state index in [1.807, 2.05) is 0 Å². The van der Waals surface area contributed by atoms with E-state index in [2.05, 4.69) is 5.32 Å². The predicted molar refractivity (Wildman–Crippen MR) is 85.9 cm³/mol. The van der Waals surface area contributed by atoms with E-state index in [0.717, 1.165) is 5.56 Å². The summed E-state index contributed by atoms with van der Waals surface area (Å²) < 4.78 is 18.5. The van der Waals surface area contributed by atoms with Crippen LogP contribution in [0.3, 0.4) is 0 Å². The molecule has 6 heteroatoms. The van der Waals surface area contributed by atoms with Crippen LogP contribution in [0.4, 0.5) is 4.39 Å². The molecule has 0 aliphatic rings. The average molecular weight is 338 g/mol. The second kappa shape index (κ2) is 8.06. The zero-order valence-corrected chi connectivity index (χ0v) is 13.3. The minimum absolute atomic E-state index is 0.0770. The van der Waals surface area contributed by atoms with Crippen molar-refractivity contribution in [1.29, 1.82) is 0 Å². The lowest BCUT2D eigenvalue weighted by atomic mass is 10.1. The van der Waals surface area contributed by atoms with Crippen LogP contribution in [0.15, 0.2) is 42.5 Å². The number of hydrogen-bond donors (Lipinski definition) is 2. The molecule has 2 aromatic rings. The number of aliphatic hydroxyl groups is 1. The zero-order chi connectivity index (χ0) is 16.8. The minimum atomic E-state index is -0.573. The van der Waals surface area contributed by atoms with Gasteiger partial charge in [-0.25, -0.2) is 4.39 Å². The van der Waals surface area contributed by atoms with Gasteiger partial charge in [0.25, 0.3) is 5.91 Å². The van der Waals surface area contributed by atoms with Crippen LogP contribution in [-0.4, -0.2) is 24.7 Å². The van der Waals surface area contributed by atoms with Crippen LogP contribution in [-0.2, 0) is 11.3 Å². The van der Waals surface area contributed by atoms with Crippen molar-refractivity contribution in [1.82, 2.24) is 5.32 Å². The number of methoxy groups -OCH3 is 1. The molecule has 4 nitrogen and oxygen atoms in total. The van der Waals surface area contributed by atoms with Gasteiger partial charge in [0, 0.05) is 23.3 Å². The number of rotatable bonds is 6. The Morgan fingerprint density at radius 2 is 2.00 bits per heavy atom. The molecule has 0 aromatic heterocycles. The standard InChI is InChI=1S/C17H17ClFNO3/c1-23-10-13-8-12(4-7-15(13)19)17(22)20-16(9-21)11-2-5-14(18)6-3-11/h2-8,16,21H,9-10H2,1H3,(H,20,22). The first-order chi connectivity index (χ1) is 11.0. The molecule has 0 spiro atoms. The van der Waals surface area contributed by atoms with Crippen molar-refractivity contribution in [2.75, 3.05) is 13.7 Å². The lowest BCUT2D eigenvalue weighted by molar-refractivity contribution is 0.0915. The first-order valence-electron chi connectivity index (χ1n) is 6.99. The van der Waals surface area contributed by atoms with E-state index in [1.165, 1.54) is 25.3 Å². The third kappa shape index (κ3) is 4.51. The molecule has 0 heterocycles. The quantitative estimate of drug-likeness (QED) is 0.851. The van der Waals surface area contributed by atoms with Gasteiger partial charge in [-0.15, -0.1) is 0 Å². The van der Waals surface area contributed by atoms with Gasteiger partial charge < -0.3 is 15.2 Å². The Morgan fingerprint density at radius 3 is 2.61 bits per heavy atom. The highest BCUT2D eigenvalue weighted by atomic mass is 35.5. The van der Waals surface area contributed by atoms with Gasteiger partial charge in [0.1, 0.15) is 5.82 Å². The van der Waals surface area contributed by atoms with E-state index in [9.17, 15) is 14.3 Å². The maximum absolute atomic E-state index is 13.6. The van der Waals surface area contributed by atoms with Crippen molar-refractivity contribution in [2.45, 2.75) is 12.6 Å². The number of hydrogen-bond acceptors (Lipinski definition) is 3. The smallest absolute Gasteiger partial charge is 0.251 e. The highest BCUT2D eigenvalue weighted by Gasteiger charge is 2.16. The number of benzene rings is 2. The summed E-state index contributed by atoms with van der Waals surface area (Å²) >= 11 is 5.83. The van der Waals surface area contributed by atoms with E-state index in [1.54, 1.807) is 24.3 Å². The Labute approximate surface area is 138 Å².